The predicted octanol–water partition coefficient (Wildman–Crippen LogP) is 4.55. The van der Waals surface area contributed by atoms with E-state index in [-0.39, 0.29) is 32.9 Å². The Bertz CT molecular complexity index is 575. The van der Waals surface area contributed by atoms with Crippen LogP contribution in [0.3, 0.4) is 0 Å². The van der Waals surface area contributed by atoms with Gasteiger partial charge in [-0.2, -0.15) is 0 Å². The topological polar surface area (TPSA) is 20.2 Å². The van der Waals surface area contributed by atoms with Gasteiger partial charge in [0, 0.05) is 0 Å². The van der Waals surface area contributed by atoms with Gasteiger partial charge in [-0.05, 0) is 0 Å². The molecule has 2 rings (SSSR count). The molecule has 1 aromatic rings. The molecule has 0 spiro atoms. The molecule has 21 heavy (non-hydrogen) atoms. The molecule has 1 atom stereocenters. The van der Waals surface area contributed by atoms with E-state index in [0.717, 1.165) is 12.0 Å². The van der Waals surface area contributed by atoms with E-state index in [1.807, 2.05) is 6.92 Å². The van der Waals surface area contributed by atoms with Crippen molar-refractivity contribution in [2.75, 3.05) is 6.61 Å². The van der Waals surface area contributed by atoms with Crippen LogP contribution in [0.1, 0.15) is 56.1 Å². The number of fused-ring (bicyclic) bond motifs is 1. The van der Waals surface area contributed by atoms with Gasteiger partial charge in [0.2, 0.25) is 0 Å². The summed E-state index contributed by atoms with van der Waals surface area (Å²) in [6, 6.07) is 8.84. The summed E-state index contributed by atoms with van der Waals surface area (Å²) in [5.41, 5.74) is 5.68. The third kappa shape index (κ3) is 4.01. The van der Waals surface area contributed by atoms with Gasteiger partial charge < -0.3 is 0 Å². The third-order valence-corrected chi connectivity index (χ3v) is 8.92. The van der Waals surface area contributed by atoms with Crippen molar-refractivity contribution in [3.8, 4) is 0 Å². The van der Waals surface area contributed by atoms with Crippen molar-refractivity contribution in [2.24, 2.45) is 5.41 Å². The molecule has 1 aliphatic heterocycles. The first kappa shape index (κ1) is 16.8. The van der Waals surface area contributed by atoms with Crippen LogP contribution in [-0.4, -0.2) is 32.6 Å². The van der Waals surface area contributed by atoms with Gasteiger partial charge >= 0.3 is 139 Å². The fourth-order valence-electron chi connectivity index (χ4n) is 2.46. The molecule has 0 aliphatic carbocycles. The molecule has 0 radical (unpaired) electrons. The molecule has 2 heteroatoms. The summed E-state index contributed by atoms with van der Waals surface area (Å²) in [5.74, 6) is 0. The first-order chi connectivity index (χ1) is 9.82. The summed E-state index contributed by atoms with van der Waals surface area (Å²) in [5, 5.41) is 9.35. The molecular formula is C19H26OTe. The molecule has 1 unspecified atom stereocenters. The van der Waals surface area contributed by atoms with Crippen LogP contribution in [0, 0.1) is 5.41 Å². The Hall–Kier alpha value is -0.550. The number of aliphatic hydroxyl groups excluding tert-OH is 1. The van der Waals surface area contributed by atoms with Gasteiger partial charge in [-0.15, -0.1) is 0 Å². The zero-order valence-corrected chi connectivity index (χ0v) is 16.1. The summed E-state index contributed by atoms with van der Waals surface area (Å²) in [7, 11) is 0. The monoisotopic (exact) mass is 400 g/mol. The summed E-state index contributed by atoms with van der Waals surface area (Å²) in [4.78, 5) is 0. The van der Waals surface area contributed by atoms with E-state index in [1.165, 1.54) is 16.7 Å². The van der Waals surface area contributed by atoms with Crippen molar-refractivity contribution in [1.29, 1.82) is 0 Å². The van der Waals surface area contributed by atoms with Crippen molar-refractivity contribution in [3.63, 3.8) is 0 Å². The predicted molar refractivity (Wildman–Crippen MR) is 92.4 cm³/mol. The Morgan fingerprint density at radius 3 is 2.43 bits per heavy atom. The quantitative estimate of drug-likeness (QED) is 0.585. The van der Waals surface area contributed by atoms with Crippen molar-refractivity contribution in [1.82, 2.24) is 0 Å². The average Bonchev–Trinajstić information content (AvgIpc) is 2.45. The number of aliphatic hydroxyl groups is 1. The van der Waals surface area contributed by atoms with Crippen LogP contribution < -0.4 is 0 Å². The van der Waals surface area contributed by atoms with Crippen LogP contribution in [-0.2, 0) is 0 Å². The molecule has 0 amide bonds. The number of allylic oxidation sites excluding steroid dienone is 2. The van der Waals surface area contributed by atoms with Crippen LogP contribution in [0.2, 0.25) is 0 Å². The van der Waals surface area contributed by atoms with Crippen molar-refractivity contribution >= 4 is 27.0 Å². The number of benzene rings is 1. The fourth-order valence-corrected chi connectivity index (χ4v) is 6.83. The van der Waals surface area contributed by atoms with E-state index >= 15 is 0 Å². The second kappa shape index (κ2) is 6.69. The number of hydrogen-bond donors (Lipinski definition) is 1. The molecule has 114 valence electrons. The van der Waals surface area contributed by atoms with E-state index in [9.17, 15) is 5.11 Å². The molecule has 0 aromatic heterocycles. The molecule has 0 fully saturated rings. The van der Waals surface area contributed by atoms with Gasteiger partial charge in [-0.1, -0.05) is 0 Å². The van der Waals surface area contributed by atoms with E-state index < -0.39 is 0 Å². The van der Waals surface area contributed by atoms with Gasteiger partial charge in [-0.3, -0.25) is 0 Å². The zero-order valence-electron chi connectivity index (χ0n) is 13.7. The van der Waals surface area contributed by atoms with Crippen LogP contribution in [0.5, 0.6) is 0 Å². The minimum atomic E-state index is -0.222. The number of hydrogen-bond acceptors (Lipinski definition) is 1. The Labute approximate surface area is 139 Å². The molecule has 0 saturated carbocycles. The molecule has 1 aliphatic rings. The Morgan fingerprint density at radius 1 is 1.14 bits per heavy atom. The van der Waals surface area contributed by atoms with Gasteiger partial charge in [0.15, 0.2) is 0 Å². The van der Waals surface area contributed by atoms with Crippen LogP contribution in [0.4, 0.5) is 0 Å². The molecule has 0 saturated heterocycles. The summed E-state index contributed by atoms with van der Waals surface area (Å²) < 4.78 is 2.32. The van der Waals surface area contributed by atoms with Gasteiger partial charge in [0.05, 0.1) is 0 Å². The maximum absolute atomic E-state index is 9.35. The van der Waals surface area contributed by atoms with E-state index in [1.54, 1.807) is 3.62 Å². The Kier molecular flexibility index (Phi) is 5.36. The van der Waals surface area contributed by atoms with Crippen LogP contribution in [0.25, 0.3) is 6.08 Å². The normalized spacial score (nSPS) is 19.7. The zero-order chi connectivity index (χ0) is 15.6. The summed E-state index contributed by atoms with van der Waals surface area (Å²) >= 11 is -0.222. The fraction of sp³-hybridized carbons (Fsp3) is 0.474. The van der Waals surface area contributed by atoms with E-state index in [0.29, 0.717) is 3.97 Å². The van der Waals surface area contributed by atoms with Crippen LogP contribution in [0.15, 0.2) is 39.0 Å². The first-order valence-corrected chi connectivity index (χ1v) is 10.1. The Balaban J connectivity index is 2.38. The second-order valence-electron chi connectivity index (χ2n) is 6.92. The second-order valence-corrected chi connectivity index (χ2v) is 10.5. The molecule has 1 aromatic carbocycles. The minimum absolute atomic E-state index is 0.183. The maximum atomic E-state index is 9.35. The van der Waals surface area contributed by atoms with Gasteiger partial charge in [0.1, 0.15) is 0 Å². The summed E-state index contributed by atoms with van der Waals surface area (Å²) in [6.07, 6.45) is 3.53. The van der Waals surface area contributed by atoms with Crippen LogP contribution >= 0.6 is 0 Å². The average molecular weight is 398 g/mol. The van der Waals surface area contributed by atoms with Gasteiger partial charge in [0.25, 0.3) is 0 Å². The molecule has 1 nitrogen and oxygen atoms in total. The molecule has 1 N–H and O–H groups in total. The summed E-state index contributed by atoms with van der Waals surface area (Å²) in [6.45, 7) is 11.4. The standard InChI is InChI=1S/C19H26OTe/c1-13(14(2)12-20)10-17-16-9-7-6-8-15(16)11-18(21-17)19(3,4)5/h6-9,11,17,20H,10,12H2,1-5H3/b14-13+. The number of rotatable bonds is 3. The molecular weight excluding hydrogens is 372 g/mol. The SMILES string of the molecule is C/C(CO)=C(/C)CC1[Te]C(C(C)(C)C)=Cc2ccccc21. The third-order valence-electron chi connectivity index (χ3n) is 4.10. The first-order valence-electron chi connectivity index (χ1n) is 7.56. The molecule has 1 heterocycles. The van der Waals surface area contributed by atoms with E-state index in [4.69, 9.17) is 0 Å². The molecule has 0 bridgehead atoms. The van der Waals surface area contributed by atoms with Crippen molar-refractivity contribution in [2.45, 2.75) is 45.0 Å². The van der Waals surface area contributed by atoms with E-state index in [2.05, 4.69) is 58.0 Å². The van der Waals surface area contributed by atoms with Crippen molar-refractivity contribution in [3.05, 3.63) is 50.2 Å². The van der Waals surface area contributed by atoms with Crippen molar-refractivity contribution < 1.29 is 5.11 Å². The Morgan fingerprint density at radius 2 is 1.81 bits per heavy atom. The van der Waals surface area contributed by atoms with Gasteiger partial charge in [-0.25, -0.2) is 0 Å².